The van der Waals surface area contributed by atoms with E-state index in [4.69, 9.17) is 0 Å². The van der Waals surface area contributed by atoms with Crippen LogP contribution in [-0.2, 0) is 0 Å². The molecule has 0 bridgehead atoms. The molecular formula is C25H22. The van der Waals surface area contributed by atoms with Crippen LogP contribution in [0.3, 0.4) is 0 Å². The fraction of sp³-hybridized carbons (Fsp3) is 0.280. The van der Waals surface area contributed by atoms with Crippen LogP contribution in [-0.4, -0.2) is 0 Å². The summed E-state index contributed by atoms with van der Waals surface area (Å²) in [7, 11) is 0. The minimum Gasteiger partial charge on any atom is -0.0617 e. The van der Waals surface area contributed by atoms with E-state index in [2.05, 4.69) is 75.4 Å². The summed E-state index contributed by atoms with van der Waals surface area (Å²) in [5, 5.41) is 0. The Morgan fingerprint density at radius 1 is 0.480 bits per heavy atom. The Labute approximate surface area is 149 Å². The van der Waals surface area contributed by atoms with E-state index >= 15 is 0 Å². The standard InChI is InChI=1S/C25H22/c1-13-7-4-10-16-19(13)22-17-11-5-8-14(2)20(17)24-18-12-6-9-15(3)21(18)23(16)25(22)24/h4-12,22-25H,1-3H3/t22-,23-,24-,25?/m1/s1. The highest BCUT2D eigenvalue weighted by Crippen LogP contribution is 2.69. The van der Waals surface area contributed by atoms with Crippen LogP contribution < -0.4 is 0 Å². The first-order chi connectivity index (χ1) is 12.2. The number of hydrogen-bond acceptors (Lipinski definition) is 0. The zero-order valence-corrected chi connectivity index (χ0v) is 15.0. The van der Waals surface area contributed by atoms with Crippen molar-refractivity contribution in [3.05, 3.63) is 105 Å². The van der Waals surface area contributed by atoms with Crippen molar-refractivity contribution >= 4 is 0 Å². The highest BCUT2D eigenvalue weighted by atomic mass is 14.6. The molecule has 0 saturated carbocycles. The summed E-state index contributed by atoms with van der Waals surface area (Å²) in [6.07, 6.45) is 0. The molecular weight excluding hydrogens is 300 g/mol. The number of aryl methyl sites for hydroxylation is 3. The molecule has 0 unspecified atom stereocenters. The normalized spacial score (nSPS) is 27.0. The predicted octanol–water partition coefficient (Wildman–Crippen LogP) is 5.96. The van der Waals surface area contributed by atoms with Gasteiger partial charge in [0.25, 0.3) is 0 Å². The van der Waals surface area contributed by atoms with E-state index in [-0.39, 0.29) is 0 Å². The zero-order chi connectivity index (χ0) is 16.9. The van der Waals surface area contributed by atoms with E-state index in [0.29, 0.717) is 23.7 Å². The molecule has 6 rings (SSSR count). The lowest BCUT2D eigenvalue weighted by molar-refractivity contribution is 0.485. The summed E-state index contributed by atoms with van der Waals surface area (Å²) in [6, 6.07) is 20.9. The fourth-order valence-corrected chi connectivity index (χ4v) is 6.44. The lowest BCUT2D eigenvalue weighted by Gasteiger charge is -2.17. The van der Waals surface area contributed by atoms with Gasteiger partial charge in [-0.15, -0.1) is 0 Å². The van der Waals surface area contributed by atoms with Gasteiger partial charge in [-0.1, -0.05) is 54.6 Å². The van der Waals surface area contributed by atoms with Gasteiger partial charge in [0.2, 0.25) is 0 Å². The molecule has 0 N–H and O–H groups in total. The molecule has 0 aromatic heterocycles. The maximum Gasteiger partial charge on any atom is 0.0144 e. The summed E-state index contributed by atoms with van der Waals surface area (Å²) in [6.45, 7) is 6.92. The highest BCUT2D eigenvalue weighted by Gasteiger charge is 2.57. The maximum absolute atomic E-state index is 2.40. The maximum atomic E-state index is 2.40. The molecule has 3 aromatic carbocycles. The van der Waals surface area contributed by atoms with Crippen molar-refractivity contribution in [3.63, 3.8) is 0 Å². The van der Waals surface area contributed by atoms with Crippen molar-refractivity contribution in [2.45, 2.75) is 38.5 Å². The summed E-state index contributed by atoms with van der Waals surface area (Å²) >= 11 is 0. The van der Waals surface area contributed by atoms with Gasteiger partial charge in [-0.05, 0) is 76.8 Å². The van der Waals surface area contributed by atoms with E-state index in [9.17, 15) is 0 Å². The monoisotopic (exact) mass is 322 g/mol. The molecule has 0 heteroatoms. The third kappa shape index (κ3) is 1.46. The second-order valence-electron chi connectivity index (χ2n) is 8.24. The van der Waals surface area contributed by atoms with Gasteiger partial charge in [-0.2, -0.15) is 0 Å². The molecule has 3 aromatic rings. The minimum absolute atomic E-state index is 0.577. The largest absolute Gasteiger partial charge is 0.0617 e. The van der Waals surface area contributed by atoms with E-state index in [1.807, 2.05) is 0 Å². The Morgan fingerprint density at radius 2 is 0.800 bits per heavy atom. The first-order valence-corrected chi connectivity index (χ1v) is 9.46. The number of benzene rings is 3. The smallest absolute Gasteiger partial charge is 0.0144 e. The molecule has 3 atom stereocenters. The van der Waals surface area contributed by atoms with Gasteiger partial charge in [0.15, 0.2) is 0 Å². The lowest BCUT2D eigenvalue weighted by atomic mass is 9.85. The molecule has 0 fully saturated rings. The minimum atomic E-state index is 0.577. The molecule has 3 aliphatic carbocycles. The molecule has 0 amide bonds. The van der Waals surface area contributed by atoms with Crippen molar-refractivity contribution in [2.24, 2.45) is 5.92 Å². The molecule has 0 nitrogen and oxygen atoms in total. The van der Waals surface area contributed by atoms with Gasteiger partial charge in [0, 0.05) is 17.8 Å². The Morgan fingerprint density at radius 3 is 1.12 bits per heavy atom. The van der Waals surface area contributed by atoms with Crippen molar-refractivity contribution in [1.82, 2.24) is 0 Å². The first kappa shape index (κ1) is 13.9. The van der Waals surface area contributed by atoms with Crippen molar-refractivity contribution in [1.29, 1.82) is 0 Å². The summed E-state index contributed by atoms with van der Waals surface area (Å²) < 4.78 is 0. The topological polar surface area (TPSA) is 0 Å². The van der Waals surface area contributed by atoms with Gasteiger partial charge in [0.1, 0.15) is 0 Å². The van der Waals surface area contributed by atoms with Gasteiger partial charge >= 0.3 is 0 Å². The van der Waals surface area contributed by atoms with Crippen molar-refractivity contribution in [2.75, 3.05) is 0 Å². The number of rotatable bonds is 0. The average Bonchev–Trinajstić information content (AvgIpc) is 3.20. The predicted molar refractivity (Wildman–Crippen MR) is 103 cm³/mol. The average molecular weight is 322 g/mol. The molecule has 25 heavy (non-hydrogen) atoms. The number of fused-ring (bicyclic) bond motifs is 9. The van der Waals surface area contributed by atoms with Gasteiger partial charge in [0.05, 0.1) is 0 Å². The quantitative estimate of drug-likeness (QED) is 0.479. The second kappa shape index (κ2) is 4.43. The molecule has 0 heterocycles. The van der Waals surface area contributed by atoms with E-state index in [1.165, 1.54) is 16.7 Å². The van der Waals surface area contributed by atoms with Crippen molar-refractivity contribution < 1.29 is 0 Å². The fourth-order valence-electron chi connectivity index (χ4n) is 6.44. The third-order valence-corrected chi connectivity index (χ3v) is 7.17. The SMILES string of the molecule is Cc1cccc2c1[C@H]1c3cccc(C)c3[C@H]3c4cccc(C)c4[C@@H]2C13. The molecule has 3 aliphatic rings. The molecule has 0 spiro atoms. The molecule has 122 valence electrons. The Hall–Kier alpha value is -2.34. The zero-order valence-electron chi connectivity index (χ0n) is 15.0. The Kier molecular flexibility index (Phi) is 2.46. The summed E-state index contributed by atoms with van der Waals surface area (Å²) in [5.41, 5.74) is 14.1. The van der Waals surface area contributed by atoms with Crippen LogP contribution >= 0.6 is 0 Å². The Bertz CT molecular complexity index is 919. The first-order valence-electron chi connectivity index (χ1n) is 9.46. The summed E-state index contributed by atoms with van der Waals surface area (Å²) in [5.74, 6) is 2.41. The van der Waals surface area contributed by atoms with Crippen LogP contribution in [0.15, 0.2) is 54.6 Å². The molecule has 0 aliphatic heterocycles. The van der Waals surface area contributed by atoms with Crippen LogP contribution in [0.5, 0.6) is 0 Å². The van der Waals surface area contributed by atoms with Gasteiger partial charge < -0.3 is 0 Å². The van der Waals surface area contributed by atoms with E-state index in [1.54, 1.807) is 33.4 Å². The van der Waals surface area contributed by atoms with Gasteiger partial charge in [-0.25, -0.2) is 0 Å². The highest BCUT2D eigenvalue weighted by molar-refractivity contribution is 5.68. The van der Waals surface area contributed by atoms with E-state index < -0.39 is 0 Å². The second-order valence-corrected chi connectivity index (χ2v) is 8.24. The van der Waals surface area contributed by atoms with Crippen LogP contribution in [0.2, 0.25) is 0 Å². The Balaban J connectivity index is 1.79. The molecule has 0 radical (unpaired) electrons. The summed E-state index contributed by atoms with van der Waals surface area (Å²) in [4.78, 5) is 0. The number of hydrogen-bond donors (Lipinski definition) is 0. The molecule has 0 saturated heterocycles. The van der Waals surface area contributed by atoms with Crippen LogP contribution in [0.1, 0.15) is 67.8 Å². The van der Waals surface area contributed by atoms with Crippen LogP contribution in [0, 0.1) is 26.7 Å². The van der Waals surface area contributed by atoms with E-state index in [0.717, 1.165) is 0 Å². The lowest BCUT2D eigenvalue weighted by Crippen LogP contribution is -2.08. The van der Waals surface area contributed by atoms with Gasteiger partial charge in [-0.3, -0.25) is 0 Å². The van der Waals surface area contributed by atoms with Crippen molar-refractivity contribution in [3.8, 4) is 0 Å². The van der Waals surface area contributed by atoms with Crippen LogP contribution in [0.25, 0.3) is 0 Å². The third-order valence-electron chi connectivity index (χ3n) is 7.17. The van der Waals surface area contributed by atoms with Crippen LogP contribution in [0.4, 0.5) is 0 Å².